The predicted molar refractivity (Wildman–Crippen MR) is 69.1 cm³/mol. The number of aromatic nitrogens is 2. The number of benzene rings is 1. The zero-order valence-corrected chi connectivity index (χ0v) is 11.4. The quantitative estimate of drug-likeness (QED) is 0.906. The third kappa shape index (κ3) is 3.32. The van der Waals surface area contributed by atoms with E-state index in [4.69, 9.17) is 0 Å². The van der Waals surface area contributed by atoms with Gasteiger partial charge in [-0.3, -0.25) is 4.79 Å². The second kappa shape index (κ2) is 5.58. The fraction of sp³-hybridized carbons (Fsp3) is 0.0833. The summed E-state index contributed by atoms with van der Waals surface area (Å²) in [6, 6.07) is 3.25. The molecule has 0 aliphatic carbocycles. The Hall–Kier alpha value is -1.96. The second-order valence-corrected chi connectivity index (χ2v) is 4.63. The van der Waals surface area contributed by atoms with Gasteiger partial charge in [-0.15, -0.1) is 0 Å². The third-order valence-electron chi connectivity index (χ3n) is 2.35. The van der Waals surface area contributed by atoms with E-state index in [2.05, 4.69) is 31.2 Å². The molecular weight excluding hydrogens is 339 g/mol. The molecule has 4 nitrogen and oxygen atoms in total. The first kappa shape index (κ1) is 14.4. The number of alkyl halides is 3. The number of carbonyl (C=O) groups excluding carboxylic acids is 1. The van der Waals surface area contributed by atoms with Crippen molar-refractivity contribution in [3.8, 4) is 0 Å². The topological polar surface area (TPSA) is 54.9 Å². The van der Waals surface area contributed by atoms with Gasteiger partial charge in [0.1, 0.15) is 6.33 Å². The molecule has 0 bridgehead atoms. The Labute approximate surface area is 120 Å². The molecule has 8 heteroatoms. The average Bonchev–Trinajstić information content (AvgIpc) is 2.39. The van der Waals surface area contributed by atoms with Crippen LogP contribution in [-0.2, 0) is 6.18 Å². The molecule has 0 unspecified atom stereocenters. The van der Waals surface area contributed by atoms with Gasteiger partial charge in [0.15, 0.2) is 0 Å². The van der Waals surface area contributed by atoms with Crippen molar-refractivity contribution >= 4 is 27.5 Å². The van der Waals surface area contributed by atoms with Crippen LogP contribution >= 0.6 is 15.9 Å². The number of halogens is 4. The van der Waals surface area contributed by atoms with Crippen LogP contribution in [0.25, 0.3) is 0 Å². The van der Waals surface area contributed by atoms with Gasteiger partial charge in [0.05, 0.1) is 23.6 Å². The molecule has 1 amide bonds. The average molecular weight is 346 g/mol. The lowest BCUT2D eigenvalue weighted by molar-refractivity contribution is -0.138. The van der Waals surface area contributed by atoms with Gasteiger partial charge in [-0.1, -0.05) is 15.9 Å². The third-order valence-corrected chi connectivity index (χ3v) is 3.04. The summed E-state index contributed by atoms with van der Waals surface area (Å²) in [7, 11) is 0. The highest BCUT2D eigenvalue weighted by Crippen LogP contribution is 2.35. The summed E-state index contributed by atoms with van der Waals surface area (Å²) >= 11 is 2.81. The lowest BCUT2D eigenvalue weighted by Gasteiger charge is -2.11. The van der Waals surface area contributed by atoms with E-state index in [9.17, 15) is 18.0 Å². The van der Waals surface area contributed by atoms with E-state index in [0.717, 1.165) is 6.07 Å². The highest BCUT2D eigenvalue weighted by molar-refractivity contribution is 9.10. The van der Waals surface area contributed by atoms with Crippen LogP contribution in [0.4, 0.5) is 18.9 Å². The van der Waals surface area contributed by atoms with Crippen molar-refractivity contribution in [2.45, 2.75) is 6.18 Å². The summed E-state index contributed by atoms with van der Waals surface area (Å²) in [5.41, 5.74) is -0.715. The summed E-state index contributed by atoms with van der Waals surface area (Å²) in [6.07, 6.45) is -0.578. The van der Waals surface area contributed by atoms with Crippen LogP contribution in [0, 0.1) is 0 Å². The first-order valence-corrected chi connectivity index (χ1v) is 6.10. The van der Waals surface area contributed by atoms with Crippen molar-refractivity contribution in [3.63, 3.8) is 0 Å². The van der Waals surface area contributed by atoms with Crippen molar-refractivity contribution in [2.75, 3.05) is 5.32 Å². The number of rotatable bonds is 2. The molecule has 1 aromatic heterocycles. The van der Waals surface area contributed by atoms with E-state index < -0.39 is 17.6 Å². The summed E-state index contributed by atoms with van der Waals surface area (Å²) in [4.78, 5) is 19.2. The molecule has 1 heterocycles. The molecule has 2 aromatic rings. The molecule has 0 saturated carbocycles. The van der Waals surface area contributed by atoms with E-state index in [1.54, 1.807) is 0 Å². The van der Waals surface area contributed by atoms with Crippen molar-refractivity contribution in [2.24, 2.45) is 0 Å². The van der Waals surface area contributed by atoms with Crippen LogP contribution in [0.5, 0.6) is 0 Å². The molecule has 0 aliphatic rings. The van der Waals surface area contributed by atoms with Crippen LogP contribution in [0.2, 0.25) is 0 Å². The molecule has 1 aromatic carbocycles. The molecule has 0 fully saturated rings. The van der Waals surface area contributed by atoms with Crippen molar-refractivity contribution in [3.05, 3.63) is 52.5 Å². The maximum absolute atomic E-state index is 12.7. The largest absolute Gasteiger partial charge is 0.417 e. The van der Waals surface area contributed by atoms with Crippen LogP contribution in [0.3, 0.4) is 0 Å². The Morgan fingerprint density at radius 3 is 2.45 bits per heavy atom. The van der Waals surface area contributed by atoms with Crippen LogP contribution in [-0.4, -0.2) is 15.9 Å². The minimum Gasteiger partial charge on any atom is -0.319 e. The van der Waals surface area contributed by atoms with Crippen molar-refractivity contribution in [1.29, 1.82) is 0 Å². The fourth-order valence-corrected chi connectivity index (χ4v) is 1.92. The summed E-state index contributed by atoms with van der Waals surface area (Å²) in [6.45, 7) is 0. The van der Waals surface area contributed by atoms with Gasteiger partial charge in [-0.2, -0.15) is 13.2 Å². The minimum atomic E-state index is -4.54. The Morgan fingerprint density at radius 1 is 1.20 bits per heavy atom. The Morgan fingerprint density at radius 2 is 1.85 bits per heavy atom. The Kier molecular flexibility index (Phi) is 4.03. The lowest BCUT2D eigenvalue weighted by Crippen LogP contribution is -2.14. The Balaban J connectivity index is 2.27. The molecule has 0 aliphatic heterocycles. The first-order valence-electron chi connectivity index (χ1n) is 5.31. The molecule has 0 saturated heterocycles. The minimum absolute atomic E-state index is 0.107. The summed E-state index contributed by atoms with van der Waals surface area (Å²) < 4.78 is 38.1. The molecule has 0 radical (unpaired) electrons. The number of hydrogen-bond donors (Lipinski definition) is 1. The fourth-order valence-electron chi connectivity index (χ4n) is 1.45. The maximum atomic E-state index is 12.7. The van der Waals surface area contributed by atoms with Gasteiger partial charge >= 0.3 is 6.18 Å². The molecule has 0 atom stereocenters. The number of nitrogens with zero attached hydrogens (tertiary/aromatic N) is 2. The van der Waals surface area contributed by atoms with E-state index in [0.29, 0.717) is 5.69 Å². The van der Waals surface area contributed by atoms with Gasteiger partial charge in [0.2, 0.25) is 0 Å². The van der Waals surface area contributed by atoms with Gasteiger partial charge in [-0.25, -0.2) is 9.97 Å². The maximum Gasteiger partial charge on any atom is 0.417 e. The standard InChI is InChI=1S/C12H7BrF3N3O/c13-10-2-1-7(3-9(10)12(14,15)16)11(20)19-8-4-17-6-18-5-8/h1-6H,(H,19,20). The Bertz CT molecular complexity index is 632. The highest BCUT2D eigenvalue weighted by Gasteiger charge is 2.33. The normalized spacial score (nSPS) is 11.2. The lowest BCUT2D eigenvalue weighted by atomic mass is 10.1. The van der Waals surface area contributed by atoms with Crippen molar-refractivity contribution < 1.29 is 18.0 Å². The zero-order chi connectivity index (χ0) is 14.8. The molecular formula is C12H7BrF3N3O. The number of amides is 1. The zero-order valence-electron chi connectivity index (χ0n) is 9.78. The molecule has 1 N–H and O–H groups in total. The first-order chi connectivity index (χ1) is 9.38. The van der Waals surface area contributed by atoms with Crippen LogP contribution in [0.1, 0.15) is 15.9 Å². The molecule has 0 spiro atoms. The summed E-state index contributed by atoms with van der Waals surface area (Å²) in [5, 5.41) is 2.41. The van der Waals surface area contributed by atoms with E-state index in [1.807, 2.05) is 0 Å². The van der Waals surface area contributed by atoms with Gasteiger partial charge < -0.3 is 5.32 Å². The molecule has 104 valence electrons. The molecule has 20 heavy (non-hydrogen) atoms. The highest BCUT2D eigenvalue weighted by atomic mass is 79.9. The number of nitrogens with one attached hydrogen (secondary N) is 1. The van der Waals surface area contributed by atoms with Gasteiger partial charge in [0.25, 0.3) is 5.91 Å². The van der Waals surface area contributed by atoms with Gasteiger partial charge in [0, 0.05) is 10.0 Å². The van der Waals surface area contributed by atoms with E-state index in [1.165, 1.54) is 30.9 Å². The van der Waals surface area contributed by atoms with E-state index in [-0.39, 0.29) is 10.0 Å². The van der Waals surface area contributed by atoms with Crippen LogP contribution in [0.15, 0.2) is 41.4 Å². The number of anilines is 1. The molecule has 2 rings (SSSR count). The summed E-state index contributed by atoms with van der Waals surface area (Å²) in [5.74, 6) is -0.669. The second-order valence-electron chi connectivity index (χ2n) is 3.77. The van der Waals surface area contributed by atoms with E-state index >= 15 is 0 Å². The number of carbonyl (C=O) groups is 1. The SMILES string of the molecule is O=C(Nc1cncnc1)c1ccc(Br)c(C(F)(F)F)c1. The van der Waals surface area contributed by atoms with Crippen LogP contribution < -0.4 is 5.32 Å². The van der Waals surface area contributed by atoms with Crippen molar-refractivity contribution in [1.82, 2.24) is 9.97 Å². The number of hydrogen-bond acceptors (Lipinski definition) is 3. The predicted octanol–water partition coefficient (Wildman–Crippen LogP) is 3.51. The monoisotopic (exact) mass is 345 g/mol. The van der Waals surface area contributed by atoms with Gasteiger partial charge in [-0.05, 0) is 18.2 Å². The smallest absolute Gasteiger partial charge is 0.319 e.